The minimum absolute atomic E-state index is 0.832. The summed E-state index contributed by atoms with van der Waals surface area (Å²) in [5.41, 5.74) is 0. The van der Waals surface area contributed by atoms with Crippen LogP contribution in [0.15, 0.2) is 12.7 Å². The van der Waals surface area contributed by atoms with Gasteiger partial charge in [-0.1, -0.05) is 103 Å². The summed E-state index contributed by atoms with van der Waals surface area (Å²) in [6.45, 7) is 6.28. The molecule has 2 aliphatic carbocycles. The predicted molar refractivity (Wildman–Crippen MR) is 113 cm³/mol. The Morgan fingerprint density at radius 3 is 1.44 bits per heavy atom. The molecule has 0 radical (unpaired) electrons. The van der Waals surface area contributed by atoms with Crippen LogP contribution < -0.4 is 0 Å². The van der Waals surface area contributed by atoms with Crippen molar-refractivity contribution in [3.63, 3.8) is 0 Å². The zero-order valence-electron chi connectivity index (χ0n) is 17.3. The van der Waals surface area contributed by atoms with Gasteiger partial charge in [-0.25, -0.2) is 0 Å². The first kappa shape index (κ1) is 21.0. The van der Waals surface area contributed by atoms with E-state index < -0.39 is 0 Å². The fraction of sp³-hybridized carbons (Fsp3) is 0.920. The third-order valence-corrected chi connectivity index (χ3v) is 7.38. The van der Waals surface area contributed by atoms with Gasteiger partial charge in [0, 0.05) is 0 Å². The standard InChI is InChI=1S/C25H46/c1-3-5-6-7-8-11-23-18-20-25(21-19-23)13-10-9-12-24-16-14-22(4-2)15-17-24/h4,22-25H,2-3,5-21H2,1H3/t22?,23-,24?,25-. The van der Waals surface area contributed by atoms with Crippen molar-refractivity contribution in [2.75, 3.05) is 0 Å². The molecule has 146 valence electrons. The van der Waals surface area contributed by atoms with E-state index in [9.17, 15) is 0 Å². The summed E-state index contributed by atoms with van der Waals surface area (Å²) in [5.74, 6) is 4.03. The third-order valence-electron chi connectivity index (χ3n) is 7.38. The molecule has 2 saturated carbocycles. The van der Waals surface area contributed by atoms with Gasteiger partial charge in [-0.3, -0.25) is 0 Å². The Bertz CT molecular complexity index is 315. The molecule has 0 nitrogen and oxygen atoms in total. The van der Waals surface area contributed by atoms with E-state index in [0.717, 1.165) is 23.7 Å². The molecule has 0 amide bonds. The molecule has 0 heterocycles. The molecule has 0 aliphatic heterocycles. The van der Waals surface area contributed by atoms with Crippen LogP contribution in [0, 0.1) is 23.7 Å². The fourth-order valence-electron chi connectivity index (χ4n) is 5.42. The minimum atomic E-state index is 0.832. The van der Waals surface area contributed by atoms with Crippen LogP contribution in [0.3, 0.4) is 0 Å². The van der Waals surface area contributed by atoms with Crippen LogP contribution in [0.1, 0.15) is 122 Å². The second kappa shape index (κ2) is 13.0. The molecule has 25 heavy (non-hydrogen) atoms. The molecule has 2 rings (SSSR count). The van der Waals surface area contributed by atoms with Crippen molar-refractivity contribution < 1.29 is 0 Å². The topological polar surface area (TPSA) is 0 Å². The maximum absolute atomic E-state index is 3.97. The second-order valence-corrected chi connectivity index (χ2v) is 9.39. The van der Waals surface area contributed by atoms with E-state index in [1.807, 2.05) is 0 Å². The van der Waals surface area contributed by atoms with Crippen molar-refractivity contribution in [3.8, 4) is 0 Å². The lowest BCUT2D eigenvalue weighted by atomic mass is 9.77. The monoisotopic (exact) mass is 346 g/mol. The molecular formula is C25H46. The van der Waals surface area contributed by atoms with E-state index in [2.05, 4.69) is 19.6 Å². The maximum Gasteiger partial charge on any atom is -0.0236 e. The van der Waals surface area contributed by atoms with Gasteiger partial charge in [-0.2, -0.15) is 0 Å². The second-order valence-electron chi connectivity index (χ2n) is 9.39. The molecule has 0 N–H and O–H groups in total. The van der Waals surface area contributed by atoms with Crippen LogP contribution in [0.2, 0.25) is 0 Å². The van der Waals surface area contributed by atoms with Gasteiger partial charge in [0.05, 0.1) is 0 Å². The highest BCUT2D eigenvalue weighted by Crippen LogP contribution is 2.36. The Balaban J connectivity index is 1.43. The zero-order valence-corrected chi connectivity index (χ0v) is 17.3. The van der Waals surface area contributed by atoms with Gasteiger partial charge in [0.25, 0.3) is 0 Å². The molecule has 0 aromatic rings. The highest BCUT2D eigenvalue weighted by molar-refractivity contribution is 4.84. The van der Waals surface area contributed by atoms with Gasteiger partial charge in [-0.05, 0) is 49.4 Å². The molecule has 0 bridgehead atoms. The smallest absolute Gasteiger partial charge is 0.0236 e. The molecule has 2 aliphatic rings. The zero-order chi connectivity index (χ0) is 17.7. The van der Waals surface area contributed by atoms with E-state index in [1.54, 1.807) is 25.7 Å². The maximum atomic E-state index is 3.97. The summed E-state index contributed by atoms with van der Waals surface area (Å²) in [7, 11) is 0. The van der Waals surface area contributed by atoms with E-state index in [-0.39, 0.29) is 0 Å². The molecule has 0 aromatic heterocycles. The van der Waals surface area contributed by atoms with Crippen molar-refractivity contribution in [1.82, 2.24) is 0 Å². The van der Waals surface area contributed by atoms with Gasteiger partial charge in [0.1, 0.15) is 0 Å². The van der Waals surface area contributed by atoms with Crippen molar-refractivity contribution in [2.45, 2.75) is 122 Å². The highest BCUT2D eigenvalue weighted by atomic mass is 14.3. The van der Waals surface area contributed by atoms with Gasteiger partial charge < -0.3 is 0 Å². The first-order valence-electron chi connectivity index (χ1n) is 11.9. The van der Waals surface area contributed by atoms with Crippen LogP contribution in [0.5, 0.6) is 0 Å². The van der Waals surface area contributed by atoms with Crippen LogP contribution in [-0.2, 0) is 0 Å². The molecular weight excluding hydrogens is 300 g/mol. The number of allylic oxidation sites excluding steroid dienone is 1. The van der Waals surface area contributed by atoms with Crippen LogP contribution in [0.4, 0.5) is 0 Å². The number of hydrogen-bond donors (Lipinski definition) is 0. The number of hydrogen-bond acceptors (Lipinski definition) is 0. The molecule has 0 aromatic carbocycles. The van der Waals surface area contributed by atoms with E-state index in [4.69, 9.17) is 0 Å². The summed E-state index contributed by atoms with van der Waals surface area (Å²) in [5, 5.41) is 0. The van der Waals surface area contributed by atoms with E-state index in [1.165, 1.54) is 89.9 Å². The summed E-state index contributed by atoms with van der Waals surface area (Å²) < 4.78 is 0. The first-order valence-corrected chi connectivity index (χ1v) is 11.9. The molecule has 0 unspecified atom stereocenters. The van der Waals surface area contributed by atoms with Gasteiger partial charge in [-0.15, -0.1) is 6.58 Å². The quantitative estimate of drug-likeness (QED) is 0.245. The average Bonchev–Trinajstić information content (AvgIpc) is 2.66. The largest absolute Gasteiger partial charge is 0.103 e. The van der Waals surface area contributed by atoms with Crippen molar-refractivity contribution in [2.24, 2.45) is 23.7 Å². The average molecular weight is 347 g/mol. The summed E-state index contributed by atoms with van der Waals surface area (Å²) >= 11 is 0. The first-order chi connectivity index (χ1) is 12.3. The van der Waals surface area contributed by atoms with Crippen molar-refractivity contribution >= 4 is 0 Å². The number of rotatable bonds is 12. The number of unbranched alkanes of at least 4 members (excludes halogenated alkanes) is 5. The molecule has 0 spiro atoms. The van der Waals surface area contributed by atoms with Crippen molar-refractivity contribution in [1.29, 1.82) is 0 Å². The summed E-state index contributed by atoms with van der Waals surface area (Å²) in [4.78, 5) is 0. The van der Waals surface area contributed by atoms with Gasteiger partial charge in [0.2, 0.25) is 0 Å². The predicted octanol–water partition coefficient (Wildman–Crippen LogP) is 8.71. The molecule has 0 heteroatoms. The van der Waals surface area contributed by atoms with E-state index >= 15 is 0 Å². The Kier molecular flexibility index (Phi) is 10.9. The van der Waals surface area contributed by atoms with Crippen LogP contribution in [0.25, 0.3) is 0 Å². The van der Waals surface area contributed by atoms with E-state index in [0.29, 0.717) is 0 Å². The Morgan fingerprint density at radius 1 is 0.600 bits per heavy atom. The normalized spacial score (nSPS) is 30.3. The third kappa shape index (κ3) is 8.78. The molecule has 2 fully saturated rings. The summed E-state index contributed by atoms with van der Waals surface area (Å²) in [6.07, 6.45) is 29.0. The van der Waals surface area contributed by atoms with Crippen molar-refractivity contribution in [3.05, 3.63) is 12.7 Å². The van der Waals surface area contributed by atoms with Crippen LogP contribution >= 0.6 is 0 Å². The van der Waals surface area contributed by atoms with Gasteiger partial charge >= 0.3 is 0 Å². The SMILES string of the molecule is C=CC1CCC(CCCC[C@H]2CC[C@H](CCCCCCC)CC2)CC1. The van der Waals surface area contributed by atoms with Gasteiger partial charge in [0.15, 0.2) is 0 Å². The fourth-order valence-corrected chi connectivity index (χ4v) is 5.42. The summed E-state index contributed by atoms with van der Waals surface area (Å²) in [6, 6.07) is 0. The Morgan fingerprint density at radius 2 is 1.00 bits per heavy atom. The minimum Gasteiger partial charge on any atom is -0.103 e. The molecule has 0 atom stereocenters. The van der Waals surface area contributed by atoms with Crippen LogP contribution in [-0.4, -0.2) is 0 Å². The molecule has 0 saturated heterocycles. The lowest BCUT2D eigenvalue weighted by Gasteiger charge is -2.29. The lowest BCUT2D eigenvalue weighted by Crippen LogP contribution is -2.15. The highest BCUT2D eigenvalue weighted by Gasteiger charge is 2.21. The Labute approximate surface area is 159 Å². The Hall–Kier alpha value is -0.260. The lowest BCUT2D eigenvalue weighted by molar-refractivity contribution is 0.239.